The third-order valence-corrected chi connectivity index (χ3v) is 1.84. The van der Waals surface area contributed by atoms with Gasteiger partial charge in [0.1, 0.15) is 19.8 Å². The zero-order chi connectivity index (χ0) is 9.80. The number of ether oxygens (including phenoxy) is 3. The highest BCUT2D eigenvalue weighted by Crippen LogP contribution is 2.38. The first-order valence-corrected chi connectivity index (χ1v) is 4.37. The lowest BCUT2D eigenvalue weighted by Crippen LogP contribution is -2.16. The van der Waals surface area contributed by atoms with Crippen LogP contribution in [0.5, 0.6) is 17.2 Å². The summed E-state index contributed by atoms with van der Waals surface area (Å²) in [7, 11) is 0. The van der Waals surface area contributed by atoms with Crippen LogP contribution in [0.4, 0.5) is 0 Å². The van der Waals surface area contributed by atoms with Gasteiger partial charge in [0, 0.05) is 0 Å². The van der Waals surface area contributed by atoms with E-state index in [0.29, 0.717) is 36.7 Å². The zero-order valence-corrected chi connectivity index (χ0v) is 7.56. The minimum atomic E-state index is 0.0276. The fourth-order valence-electron chi connectivity index (χ4n) is 1.28. The second-order valence-corrected chi connectivity index (χ2v) is 2.76. The van der Waals surface area contributed by atoms with Gasteiger partial charge in [-0.25, -0.2) is 0 Å². The van der Waals surface area contributed by atoms with Crippen molar-refractivity contribution in [3.8, 4) is 17.2 Å². The molecular formula is C10H10O4. The van der Waals surface area contributed by atoms with E-state index in [1.54, 1.807) is 12.1 Å². The van der Waals surface area contributed by atoms with Gasteiger partial charge in [-0.15, -0.1) is 0 Å². The van der Waals surface area contributed by atoms with E-state index in [1.165, 1.54) is 0 Å². The molecule has 1 aliphatic rings. The molecule has 1 heterocycles. The van der Waals surface area contributed by atoms with E-state index in [4.69, 9.17) is 14.2 Å². The van der Waals surface area contributed by atoms with Crippen LogP contribution in [0, 0.1) is 0 Å². The standard InChI is InChI=1S/C10H10O4/c11-4-5-12-8-2-1-3-9-10(8)14-7-6-13-9/h1-4H,5-7H2. The van der Waals surface area contributed by atoms with Gasteiger partial charge in [0.05, 0.1) is 0 Å². The lowest BCUT2D eigenvalue weighted by atomic mass is 10.3. The molecule has 0 aliphatic carbocycles. The lowest BCUT2D eigenvalue weighted by molar-refractivity contribution is -0.109. The first kappa shape index (κ1) is 8.87. The molecule has 0 saturated heterocycles. The van der Waals surface area contributed by atoms with E-state index in [0.717, 1.165) is 0 Å². The van der Waals surface area contributed by atoms with Gasteiger partial charge in [0.2, 0.25) is 5.75 Å². The summed E-state index contributed by atoms with van der Waals surface area (Å²) >= 11 is 0. The van der Waals surface area contributed by atoms with Crippen LogP contribution < -0.4 is 14.2 Å². The molecule has 0 radical (unpaired) electrons. The Hall–Kier alpha value is -1.71. The van der Waals surface area contributed by atoms with E-state index in [-0.39, 0.29) is 6.61 Å². The van der Waals surface area contributed by atoms with E-state index >= 15 is 0 Å². The number of hydrogen-bond donors (Lipinski definition) is 0. The van der Waals surface area contributed by atoms with Crippen LogP contribution in [0.15, 0.2) is 18.2 Å². The molecule has 0 spiro atoms. The number of benzene rings is 1. The van der Waals surface area contributed by atoms with Crippen molar-refractivity contribution < 1.29 is 19.0 Å². The van der Waals surface area contributed by atoms with Gasteiger partial charge in [-0.05, 0) is 12.1 Å². The smallest absolute Gasteiger partial charge is 0.203 e. The Balaban J connectivity index is 2.25. The number of hydrogen-bond acceptors (Lipinski definition) is 4. The van der Waals surface area contributed by atoms with Crippen LogP contribution in [-0.2, 0) is 4.79 Å². The maximum absolute atomic E-state index is 10.1. The van der Waals surface area contributed by atoms with Crippen molar-refractivity contribution in [3.63, 3.8) is 0 Å². The fraction of sp³-hybridized carbons (Fsp3) is 0.300. The molecule has 0 aromatic heterocycles. The second-order valence-electron chi connectivity index (χ2n) is 2.76. The average Bonchev–Trinajstić information content (AvgIpc) is 2.26. The van der Waals surface area contributed by atoms with E-state index < -0.39 is 0 Å². The lowest BCUT2D eigenvalue weighted by Gasteiger charge is -2.20. The van der Waals surface area contributed by atoms with Gasteiger partial charge in [0.15, 0.2) is 17.8 Å². The third-order valence-electron chi connectivity index (χ3n) is 1.84. The van der Waals surface area contributed by atoms with Crippen molar-refractivity contribution in [1.82, 2.24) is 0 Å². The molecule has 74 valence electrons. The Morgan fingerprint density at radius 1 is 1.36 bits per heavy atom. The minimum Gasteiger partial charge on any atom is -0.486 e. The minimum absolute atomic E-state index is 0.0276. The van der Waals surface area contributed by atoms with E-state index in [1.807, 2.05) is 6.07 Å². The summed E-state index contributed by atoms with van der Waals surface area (Å²) in [6.07, 6.45) is 0.697. The summed E-state index contributed by atoms with van der Waals surface area (Å²) in [6, 6.07) is 5.35. The largest absolute Gasteiger partial charge is 0.486 e. The van der Waals surface area contributed by atoms with Gasteiger partial charge in [-0.2, -0.15) is 0 Å². The van der Waals surface area contributed by atoms with Crippen molar-refractivity contribution in [2.45, 2.75) is 0 Å². The summed E-state index contributed by atoms with van der Waals surface area (Å²) in [5.74, 6) is 1.80. The molecule has 0 atom stereocenters. The number of fused-ring (bicyclic) bond motifs is 1. The maximum Gasteiger partial charge on any atom is 0.203 e. The van der Waals surface area contributed by atoms with Crippen LogP contribution in [0.2, 0.25) is 0 Å². The van der Waals surface area contributed by atoms with Crippen LogP contribution in [0.3, 0.4) is 0 Å². The van der Waals surface area contributed by atoms with Crippen molar-refractivity contribution in [1.29, 1.82) is 0 Å². The monoisotopic (exact) mass is 194 g/mol. The SMILES string of the molecule is O=CCOc1cccc2c1OCCO2. The van der Waals surface area contributed by atoms with Crippen LogP contribution in [-0.4, -0.2) is 26.1 Å². The molecule has 0 amide bonds. The number of carbonyl (C=O) groups excluding carboxylic acids is 1. The van der Waals surface area contributed by atoms with Gasteiger partial charge >= 0.3 is 0 Å². The van der Waals surface area contributed by atoms with Crippen molar-refractivity contribution in [3.05, 3.63) is 18.2 Å². The first-order chi connectivity index (χ1) is 6.92. The molecular weight excluding hydrogens is 184 g/mol. The topological polar surface area (TPSA) is 44.8 Å². The molecule has 1 aromatic rings. The molecule has 1 aromatic carbocycles. The van der Waals surface area contributed by atoms with Crippen LogP contribution in [0.25, 0.3) is 0 Å². The quantitative estimate of drug-likeness (QED) is 0.674. The fourth-order valence-corrected chi connectivity index (χ4v) is 1.28. The average molecular weight is 194 g/mol. The first-order valence-electron chi connectivity index (χ1n) is 4.37. The van der Waals surface area contributed by atoms with Gasteiger partial charge < -0.3 is 14.2 Å². The van der Waals surface area contributed by atoms with Gasteiger partial charge in [0.25, 0.3) is 0 Å². The summed E-state index contributed by atoms with van der Waals surface area (Å²) in [5.41, 5.74) is 0. The molecule has 4 nitrogen and oxygen atoms in total. The molecule has 1 aliphatic heterocycles. The summed E-state index contributed by atoms with van der Waals surface area (Å²) in [5, 5.41) is 0. The van der Waals surface area contributed by atoms with E-state index in [2.05, 4.69) is 0 Å². The molecule has 0 saturated carbocycles. The highest BCUT2D eigenvalue weighted by Gasteiger charge is 2.16. The van der Waals surface area contributed by atoms with Crippen molar-refractivity contribution in [2.75, 3.05) is 19.8 Å². The number of rotatable bonds is 3. The highest BCUT2D eigenvalue weighted by molar-refractivity contribution is 5.55. The van der Waals surface area contributed by atoms with Gasteiger partial charge in [-0.3, -0.25) is 4.79 Å². The highest BCUT2D eigenvalue weighted by atomic mass is 16.6. The third kappa shape index (κ3) is 1.64. The Morgan fingerprint density at radius 2 is 2.21 bits per heavy atom. The number of aldehydes is 1. The molecule has 2 rings (SSSR count). The van der Waals surface area contributed by atoms with E-state index in [9.17, 15) is 4.79 Å². The number of para-hydroxylation sites is 1. The second kappa shape index (κ2) is 4.00. The Kier molecular flexibility index (Phi) is 2.53. The Labute approximate surface area is 81.4 Å². The Bertz CT molecular complexity index is 335. The predicted octanol–water partition coefficient (Wildman–Crippen LogP) is 1.04. The number of carbonyl (C=O) groups is 1. The summed E-state index contributed by atoms with van der Waals surface area (Å²) in [4.78, 5) is 10.1. The molecule has 0 N–H and O–H groups in total. The zero-order valence-electron chi connectivity index (χ0n) is 7.56. The summed E-state index contributed by atoms with van der Waals surface area (Å²) < 4.78 is 15.9. The molecule has 0 bridgehead atoms. The molecule has 14 heavy (non-hydrogen) atoms. The van der Waals surface area contributed by atoms with Crippen LogP contribution in [0.1, 0.15) is 0 Å². The predicted molar refractivity (Wildman–Crippen MR) is 49.0 cm³/mol. The Morgan fingerprint density at radius 3 is 3.07 bits per heavy atom. The van der Waals surface area contributed by atoms with Crippen molar-refractivity contribution in [2.24, 2.45) is 0 Å². The molecule has 0 fully saturated rings. The van der Waals surface area contributed by atoms with Crippen molar-refractivity contribution >= 4 is 6.29 Å². The maximum atomic E-state index is 10.1. The summed E-state index contributed by atoms with van der Waals surface area (Å²) in [6.45, 7) is 1.08. The molecule has 4 heteroatoms. The van der Waals surface area contributed by atoms with Gasteiger partial charge in [-0.1, -0.05) is 6.07 Å². The van der Waals surface area contributed by atoms with Crippen LogP contribution >= 0.6 is 0 Å². The molecule has 0 unspecified atom stereocenters. The normalized spacial score (nSPS) is 13.4.